The molecule has 0 unspecified atom stereocenters. The number of nitrogens with zero attached hydrogens (tertiary/aromatic N) is 3. The molecule has 3 aromatic rings. The van der Waals surface area contributed by atoms with Crippen LogP contribution in [0.4, 0.5) is 11.4 Å². The van der Waals surface area contributed by atoms with Crippen LogP contribution < -0.4 is 19.7 Å². The first-order valence-corrected chi connectivity index (χ1v) is 15.7. The highest BCUT2D eigenvalue weighted by Crippen LogP contribution is 2.25. The van der Waals surface area contributed by atoms with Gasteiger partial charge in [0.2, 0.25) is 16.9 Å². The first-order chi connectivity index (χ1) is 20.4. The maximum Gasteiger partial charge on any atom is 0.219 e. The lowest BCUT2D eigenvalue weighted by atomic mass is 10.1. The van der Waals surface area contributed by atoms with Gasteiger partial charge in [0, 0.05) is 95.1 Å². The smallest absolute Gasteiger partial charge is 0.219 e. The predicted octanol–water partition coefficient (Wildman–Crippen LogP) is 5.33. The lowest BCUT2D eigenvalue weighted by molar-refractivity contribution is -0.645. The number of benzene rings is 2. The Morgan fingerprint density at radius 3 is 1.79 bits per heavy atom. The van der Waals surface area contributed by atoms with E-state index >= 15 is 0 Å². The Hall–Kier alpha value is -2.94. The van der Waals surface area contributed by atoms with Crippen molar-refractivity contribution in [3.8, 4) is 0 Å². The summed E-state index contributed by atoms with van der Waals surface area (Å²) < 4.78 is 19.0. The van der Waals surface area contributed by atoms with Crippen LogP contribution in [0.25, 0.3) is 21.8 Å². The maximum atomic E-state index is 12.3. The second-order valence-electron chi connectivity index (χ2n) is 11.3. The second kappa shape index (κ2) is 18.6. The molecule has 0 aliphatic carbocycles. The molecule has 0 saturated carbocycles. The van der Waals surface area contributed by atoms with Crippen LogP contribution in [0.2, 0.25) is 0 Å². The zero-order valence-electron chi connectivity index (χ0n) is 26.6. The van der Waals surface area contributed by atoms with Gasteiger partial charge >= 0.3 is 0 Å². The van der Waals surface area contributed by atoms with E-state index in [1.54, 1.807) is 0 Å². The van der Waals surface area contributed by atoms with Crippen molar-refractivity contribution in [2.75, 3.05) is 84.2 Å². The number of fused-ring (bicyclic) bond motifs is 2. The minimum absolute atomic E-state index is 0.121. The van der Waals surface area contributed by atoms with Gasteiger partial charge in [-0.05, 0) is 56.0 Å². The Balaban J connectivity index is 1.38. The third-order valence-corrected chi connectivity index (χ3v) is 7.41. The van der Waals surface area contributed by atoms with Crippen molar-refractivity contribution >= 4 is 39.1 Å². The van der Waals surface area contributed by atoms with Gasteiger partial charge in [0.1, 0.15) is 6.54 Å². The van der Waals surface area contributed by atoms with Gasteiger partial charge in [-0.3, -0.25) is 4.79 Å². The van der Waals surface area contributed by atoms with Crippen molar-refractivity contribution < 1.29 is 23.6 Å². The van der Waals surface area contributed by atoms with Gasteiger partial charge in [0.15, 0.2) is 0 Å². The fourth-order valence-electron chi connectivity index (χ4n) is 4.88. The number of aryl methyl sites for hydroxylation is 1. The van der Waals surface area contributed by atoms with Gasteiger partial charge in [-0.2, -0.15) is 4.57 Å². The molecule has 1 amide bonds. The molecule has 8 nitrogen and oxygen atoms in total. The van der Waals surface area contributed by atoms with Gasteiger partial charge in [-0.1, -0.05) is 13.3 Å². The van der Waals surface area contributed by atoms with Crippen LogP contribution in [-0.2, 0) is 25.5 Å². The van der Waals surface area contributed by atoms with E-state index in [9.17, 15) is 4.79 Å². The molecule has 0 fully saturated rings. The third kappa shape index (κ3) is 11.0. The lowest BCUT2D eigenvalue weighted by Gasteiger charge is -2.15. The highest BCUT2D eigenvalue weighted by molar-refractivity contribution is 5.91. The average molecular weight is 582 g/mol. The summed E-state index contributed by atoms with van der Waals surface area (Å²) in [5.41, 5.74) is 4.87. The highest BCUT2D eigenvalue weighted by Gasteiger charge is 2.17. The van der Waals surface area contributed by atoms with Crippen LogP contribution in [-0.4, -0.2) is 80.3 Å². The largest absolute Gasteiger partial charge is 0.379 e. The number of carbonyl (C=O) groups is 1. The highest BCUT2D eigenvalue weighted by atomic mass is 16.5. The number of pyridine rings is 1. The van der Waals surface area contributed by atoms with Crippen LogP contribution in [0.1, 0.15) is 51.9 Å². The summed E-state index contributed by atoms with van der Waals surface area (Å²) in [5, 5.41) is 5.52. The number of carbonyl (C=O) groups excluding carboxylic acids is 1. The Morgan fingerprint density at radius 2 is 1.24 bits per heavy atom. The SMILES string of the molecule is CCCCOCCOCCOCCCNC(=O)CCCCC[n+]1c2cc(N(C)C)ccc2cc2ccc(N(C)C)cc21. The monoisotopic (exact) mass is 581 g/mol. The van der Waals surface area contributed by atoms with E-state index in [4.69, 9.17) is 14.2 Å². The average Bonchev–Trinajstić information content (AvgIpc) is 2.98. The predicted molar refractivity (Wildman–Crippen MR) is 174 cm³/mol. The van der Waals surface area contributed by atoms with Crippen molar-refractivity contribution in [3.63, 3.8) is 0 Å². The number of aromatic nitrogens is 1. The van der Waals surface area contributed by atoms with Gasteiger partial charge in [0.05, 0.1) is 26.4 Å². The Bertz CT molecular complexity index is 1170. The van der Waals surface area contributed by atoms with Crippen molar-refractivity contribution in [1.29, 1.82) is 0 Å². The summed E-state index contributed by atoms with van der Waals surface area (Å²) in [4.78, 5) is 16.6. The summed E-state index contributed by atoms with van der Waals surface area (Å²) in [6.45, 7) is 7.53. The number of hydrogen-bond acceptors (Lipinski definition) is 6. The topological polar surface area (TPSA) is 67.2 Å². The van der Waals surface area contributed by atoms with E-state index < -0.39 is 0 Å². The van der Waals surface area contributed by atoms with Crippen LogP contribution >= 0.6 is 0 Å². The van der Waals surface area contributed by atoms with E-state index in [-0.39, 0.29) is 5.91 Å². The maximum absolute atomic E-state index is 12.3. The molecule has 0 atom stereocenters. The molecule has 1 heterocycles. The summed E-state index contributed by atoms with van der Waals surface area (Å²) in [7, 11) is 8.33. The fraction of sp³-hybridized carbons (Fsp3) is 0.588. The molecule has 0 spiro atoms. The molecule has 0 aliphatic rings. The van der Waals surface area contributed by atoms with Gasteiger partial charge in [-0.25, -0.2) is 0 Å². The third-order valence-electron chi connectivity index (χ3n) is 7.41. The fourth-order valence-corrected chi connectivity index (χ4v) is 4.88. The van der Waals surface area contributed by atoms with E-state index in [2.05, 4.69) is 97.3 Å². The molecular formula is C34H53N4O4+. The Kier molecular flexibility index (Phi) is 14.8. The van der Waals surface area contributed by atoms with Crippen molar-refractivity contribution in [2.24, 2.45) is 0 Å². The molecule has 1 N–H and O–H groups in total. The lowest BCUT2D eigenvalue weighted by Crippen LogP contribution is -2.36. The molecule has 0 radical (unpaired) electrons. The van der Waals surface area contributed by atoms with Crippen LogP contribution in [0.5, 0.6) is 0 Å². The van der Waals surface area contributed by atoms with E-state index in [1.807, 2.05) is 0 Å². The number of anilines is 2. The second-order valence-corrected chi connectivity index (χ2v) is 11.3. The zero-order valence-corrected chi connectivity index (χ0v) is 26.6. The first kappa shape index (κ1) is 33.6. The molecular weight excluding hydrogens is 528 g/mol. The number of rotatable bonds is 21. The van der Waals surface area contributed by atoms with Crippen LogP contribution in [0.3, 0.4) is 0 Å². The standard InChI is InChI=1S/C34H52N4O4/c1-6-7-19-40-21-23-42-24-22-41-20-11-17-35-34(39)12-9-8-10-18-38-32-26-30(36(2)3)15-13-28(32)25-29-14-16-31(37(4)5)27-33(29)38/h13-16,25-27H,6-12,17-24H2,1-5H3/p+1. The van der Waals surface area contributed by atoms with Crippen LogP contribution in [0, 0.1) is 0 Å². The van der Waals surface area contributed by atoms with E-state index in [1.165, 1.54) is 33.2 Å². The number of nitrogens with one attached hydrogen (secondary N) is 1. The molecule has 0 saturated heterocycles. The van der Waals surface area contributed by atoms with E-state index in [0.29, 0.717) is 46.0 Å². The number of ether oxygens (including phenoxy) is 3. The molecule has 8 heteroatoms. The number of amides is 1. The first-order valence-electron chi connectivity index (χ1n) is 15.7. The minimum Gasteiger partial charge on any atom is -0.379 e. The minimum atomic E-state index is 0.121. The molecule has 232 valence electrons. The number of unbranched alkanes of at least 4 members (excludes halogenated alkanes) is 3. The van der Waals surface area contributed by atoms with Gasteiger partial charge in [0.25, 0.3) is 0 Å². The summed E-state index contributed by atoms with van der Waals surface area (Å²) in [6, 6.07) is 15.6. The zero-order chi connectivity index (χ0) is 30.2. The van der Waals surface area contributed by atoms with Crippen molar-refractivity contribution in [1.82, 2.24) is 5.32 Å². The Morgan fingerprint density at radius 1 is 0.690 bits per heavy atom. The normalized spacial score (nSPS) is 11.4. The van der Waals surface area contributed by atoms with Crippen LogP contribution in [0.15, 0.2) is 42.5 Å². The molecule has 1 aromatic heterocycles. The summed E-state index contributed by atoms with van der Waals surface area (Å²) in [5.74, 6) is 0.121. The Labute approximate surface area is 252 Å². The van der Waals surface area contributed by atoms with E-state index in [0.717, 1.165) is 51.7 Å². The van der Waals surface area contributed by atoms with Crippen molar-refractivity contribution in [2.45, 2.75) is 58.4 Å². The summed E-state index contributed by atoms with van der Waals surface area (Å²) in [6.07, 6.45) is 6.52. The molecule has 0 aliphatic heterocycles. The molecule has 3 rings (SSSR count). The molecule has 42 heavy (non-hydrogen) atoms. The molecule has 2 aromatic carbocycles. The quantitative estimate of drug-likeness (QED) is 0.104. The molecule has 0 bridgehead atoms. The van der Waals surface area contributed by atoms with Gasteiger partial charge in [-0.15, -0.1) is 0 Å². The number of hydrogen-bond donors (Lipinski definition) is 1. The van der Waals surface area contributed by atoms with Gasteiger partial charge < -0.3 is 29.3 Å². The summed E-state index contributed by atoms with van der Waals surface area (Å²) >= 11 is 0. The van der Waals surface area contributed by atoms with Crippen molar-refractivity contribution in [3.05, 3.63) is 42.5 Å².